The molecule has 2 unspecified atom stereocenters. The molecule has 3 saturated heterocycles. The average Bonchev–Trinajstić information content (AvgIpc) is 1.75. The molecular formula is C74H112F8N12O13. The third-order valence-electron chi connectivity index (χ3n) is 24.3. The molecule has 0 aromatic carbocycles. The fourth-order valence-electron chi connectivity index (χ4n) is 17.2. The van der Waals surface area contributed by atoms with Gasteiger partial charge in [-0.15, -0.1) is 0 Å². The second-order valence-electron chi connectivity index (χ2n) is 31.4. The molecule has 25 nitrogen and oxygen atoms in total. The highest BCUT2D eigenvalue weighted by Gasteiger charge is 2.56. The Morgan fingerprint density at radius 2 is 1.25 bits per heavy atom. The van der Waals surface area contributed by atoms with Crippen LogP contribution in [0.4, 0.5) is 35.1 Å². The molecule has 12 amide bonds. The predicted octanol–water partition coefficient (Wildman–Crippen LogP) is 5.86. The molecule has 4 aliphatic carbocycles. The molecule has 1 spiro atoms. The van der Waals surface area contributed by atoms with Crippen molar-refractivity contribution in [3.63, 3.8) is 0 Å². The quantitative estimate of drug-likeness (QED) is 0.153. The van der Waals surface area contributed by atoms with E-state index in [-0.39, 0.29) is 96.7 Å². The molecular weight excluding hydrogens is 1420 g/mol. The Balaban J connectivity index is 1.19. The SMILES string of the molecule is CCO[C@@H]1C[C@H]2C(=O)NC3(CCC3)C(=O)N(C)[C@@H](C3CCCC3)C(=O)N(C)[C@H](C(=O)N3CCC3)CC(=O)N(C)[C@@H](CC)C(=O)N[C@@H]([C@@H](C)CC)C(=O)N(C)CC(=O)N(C)[C@H]3C/C=C\CCN(C3=O)[C@@H](CC3CCC(C(F)(F)F)CC3)C(=O)N(C)CC(=O)N[C@@H](CCC3CC(F)C(C(F)(F)F)C(F)C3)C(=O)N2C1. The Morgan fingerprint density at radius 1 is 0.617 bits per heavy atom. The number of nitrogens with zero attached hydrogens (tertiary/aromatic N) is 9. The van der Waals surface area contributed by atoms with Gasteiger partial charge in [0.1, 0.15) is 72.1 Å². The second-order valence-corrected chi connectivity index (χ2v) is 31.4. The van der Waals surface area contributed by atoms with Crippen LogP contribution in [0.25, 0.3) is 0 Å². The maximum absolute atomic E-state index is 15.5. The van der Waals surface area contributed by atoms with Gasteiger partial charge in [-0.3, -0.25) is 57.5 Å². The number of hydrogen-bond donors (Lipinski definition) is 3. The Morgan fingerprint density at radius 3 is 1.81 bits per heavy atom. The summed E-state index contributed by atoms with van der Waals surface area (Å²) in [5, 5.41) is 8.38. The molecule has 4 saturated carbocycles. The molecule has 107 heavy (non-hydrogen) atoms. The molecule has 4 heterocycles. The number of carbonyl (C=O) groups excluding carboxylic acids is 12. The summed E-state index contributed by atoms with van der Waals surface area (Å²) in [5.74, 6) is -16.6. The third-order valence-corrected chi connectivity index (χ3v) is 24.3. The van der Waals surface area contributed by atoms with Crippen LogP contribution in [-0.2, 0) is 62.3 Å². The number of carbonyl (C=O) groups is 12. The van der Waals surface area contributed by atoms with Crippen LogP contribution in [0.15, 0.2) is 12.2 Å². The predicted molar refractivity (Wildman–Crippen MR) is 374 cm³/mol. The second kappa shape index (κ2) is 36.5. The minimum absolute atomic E-state index is 0.00247. The Labute approximate surface area is 622 Å². The van der Waals surface area contributed by atoms with Gasteiger partial charge in [0, 0.05) is 81.5 Å². The fraction of sp³-hybridized carbons (Fsp3) is 0.811. The number of likely N-dealkylation sites (tertiary alicyclic amines) is 1. The third kappa shape index (κ3) is 20.1. The maximum atomic E-state index is 15.5. The molecule has 33 heteroatoms. The van der Waals surface area contributed by atoms with Crippen LogP contribution in [0.5, 0.6) is 0 Å². The van der Waals surface area contributed by atoms with E-state index in [0.717, 1.165) is 24.5 Å². The topological polar surface area (TPSA) is 279 Å². The van der Waals surface area contributed by atoms with Crippen molar-refractivity contribution in [3.05, 3.63) is 12.2 Å². The maximum Gasteiger partial charge on any atom is 0.397 e. The molecule has 8 rings (SSSR count). The number of amides is 12. The van der Waals surface area contributed by atoms with Crippen LogP contribution < -0.4 is 16.0 Å². The molecule has 602 valence electrons. The van der Waals surface area contributed by atoms with Gasteiger partial charge < -0.3 is 64.8 Å². The summed E-state index contributed by atoms with van der Waals surface area (Å²) < 4.78 is 121. The van der Waals surface area contributed by atoms with Crippen LogP contribution in [0.3, 0.4) is 0 Å². The van der Waals surface area contributed by atoms with Crippen LogP contribution in [-0.4, -0.2) is 288 Å². The normalized spacial score (nSPS) is 32.8. The molecule has 4 aliphatic heterocycles. The van der Waals surface area contributed by atoms with Crippen molar-refractivity contribution in [2.45, 2.75) is 260 Å². The van der Waals surface area contributed by atoms with Crippen LogP contribution >= 0.6 is 0 Å². The van der Waals surface area contributed by atoms with Gasteiger partial charge in [0.05, 0.1) is 31.5 Å². The van der Waals surface area contributed by atoms with Crippen molar-refractivity contribution in [3.8, 4) is 0 Å². The van der Waals surface area contributed by atoms with E-state index in [1.165, 1.54) is 61.9 Å². The largest absolute Gasteiger partial charge is 0.397 e. The summed E-state index contributed by atoms with van der Waals surface area (Å²) in [6.07, 6.45) is -12.4. The lowest BCUT2D eigenvalue weighted by Gasteiger charge is -2.47. The zero-order valence-electron chi connectivity index (χ0n) is 63.5. The molecule has 8 aliphatic rings. The zero-order valence-corrected chi connectivity index (χ0v) is 63.5. The van der Waals surface area contributed by atoms with Gasteiger partial charge in [-0.1, -0.05) is 52.2 Å². The van der Waals surface area contributed by atoms with Crippen LogP contribution in [0.1, 0.15) is 175 Å². The van der Waals surface area contributed by atoms with Crippen molar-refractivity contribution in [1.29, 1.82) is 0 Å². The number of hydrogen-bond acceptors (Lipinski definition) is 13. The molecule has 2 bridgehead atoms. The number of likely N-dealkylation sites (N-methyl/N-ethyl adjacent to an activating group) is 6. The van der Waals surface area contributed by atoms with Gasteiger partial charge in [-0.25, -0.2) is 8.78 Å². The summed E-state index contributed by atoms with van der Waals surface area (Å²) in [7, 11) is 8.03. The minimum Gasteiger partial charge on any atom is -0.377 e. The van der Waals surface area contributed by atoms with E-state index in [4.69, 9.17) is 4.74 Å². The smallest absolute Gasteiger partial charge is 0.377 e. The number of fused-ring (bicyclic) bond motifs is 3. The van der Waals surface area contributed by atoms with Crippen molar-refractivity contribution in [2.24, 2.45) is 35.5 Å². The first-order chi connectivity index (χ1) is 50.4. The van der Waals surface area contributed by atoms with E-state index < -0.39 is 230 Å². The van der Waals surface area contributed by atoms with E-state index in [1.807, 2.05) is 0 Å². The summed E-state index contributed by atoms with van der Waals surface area (Å²) in [5.41, 5.74) is -1.68. The summed E-state index contributed by atoms with van der Waals surface area (Å²) in [6.45, 7) is 5.55. The fourth-order valence-corrected chi connectivity index (χ4v) is 17.2. The molecule has 0 radical (unpaired) electrons. The summed E-state index contributed by atoms with van der Waals surface area (Å²) >= 11 is 0. The minimum atomic E-state index is -5.21. The molecule has 7 fully saturated rings. The Hall–Kier alpha value is -7.22. The van der Waals surface area contributed by atoms with E-state index in [0.29, 0.717) is 58.0 Å². The van der Waals surface area contributed by atoms with Gasteiger partial charge in [-0.2, -0.15) is 26.3 Å². The van der Waals surface area contributed by atoms with E-state index in [1.54, 1.807) is 39.8 Å². The molecule has 12 atom stereocenters. The summed E-state index contributed by atoms with van der Waals surface area (Å²) in [4.78, 5) is 191. The lowest BCUT2D eigenvalue weighted by Crippen LogP contribution is -2.68. The first-order valence-corrected chi connectivity index (χ1v) is 38.4. The first kappa shape index (κ1) is 85.4. The van der Waals surface area contributed by atoms with E-state index >= 15 is 37.5 Å². The monoisotopic (exact) mass is 1530 g/mol. The van der Waals surface area contributed by atoms with Crippen molar-refractivity contribution in [1.82, 2.24) is 60.0 Å². The van der Waals surface area contributed by atoms with Crippen LogP contribution in [0.2, 0.25) is 0 Å². The van der Waals surface area contributed by atoms with Gasteiger partial charge in [0.2, 0.25) is 70.9 Å². The van der Waals surface area contributed by atoms with Gasteiger partial charge >= 0.3 is 12.4 Å². The number of ether oxygens (including phenoxy) is 1. The molecule has 0 aromatic heterocycles. The Bertz CT molecular complexity index is 3220. The Kier molecular flexibility index (Phi) is 29.2. The van der Waals surface area contributed by atoms with Gasteiger partial charge in [-0.05, 0) is 146 Å². The molecule has 3 N–H and O–H groups in total. The van der Waals surface area contributed by atoms with E-state index in [2.05, 4.69) is 16.0 Å². The standard InChI is InChI=1S/C74H112F8N12O13/c1-11-43(4)61-69(104)87(6)42-59(97)89(8)53-23-15-14-18-34-93(68(53)103)56(37-44-24-27-47(28-25-44)73(77,78)79)66(101)86(5)41-57(95)83-51(29-26-45-35-49(75)60(50(76)36-45)74(80,81)82)65(100)94-40-48(107-13-3)38-54(94)64(99)85-72(30-19-31-72)71(106)91(10)62(46-21-16-17-22-46)70(105)90(9)55(67(102)92-32-20-33-92)39-58(96)88(7)52(12-2)63(98)84-61/h14-15,43-56,60-62H,11-13,16-42H2,1-10H3,(H,83,95)(H,84,98)(H,85,99)/b15-14-/t43-,44?,45?,47?,48+,49?,50?,51-,52-,53-,54-,55-,56-,60?,61-,62-/m0/s1. The highest BCUT2D eigenvalue weighted by atomic mass is 19.4. The number of halogens is 8. The lowest BCUT2D eigenvalue weighted by atomic mass is 9.74. The van der Waals surface area contributed by atoms with Crippen molar-refractivity contribution in [2.75, 3.05) is 88.2 Å². The highest BCUT2D eigenvalue weighted by molar-refractivity contribution is 6.01. The van der Waals surface area contributed by atoms with Gasteiger partial charge in [0.25, 0.3) is 0 Å². The number of rotatable bonds is 12. The van der Waals surface area contributed by atoms with Gasteiger partial charge in [0.15, 0.2) is 0 Å². The summed E-state index contributed by atoms with van der Waals surface area (Å²) in [6, 6.07) is -11.2. The molecule has 0 aromatic rings. The van der Waals surface area contributed by atoms with Crippen LogP contribution in [0, 0.1) is 35.5 Å². The zero-order chi connectivity index (χ0) is 78.9. The van der Waals surface area contributed by atoms with Crippen molar-refractivity contribution < 1.29 is 97.4 Å². The average molecular weight is 1530 g/mol. The van der Waals surface area contributed by atoms with E-state index in [9.17, 15) is 55.1 Å². The first-order valence-electron chi connectivity index (χ1n) is 38.4. The number of nitrogens with one attached hydrogen (secondary N) is 3. The number of alkyl halides is 8. The van der Waals surface area contributed by atoms with Crippen molar-refractivity contribution >= 4 is 70.9 Å². The lowest BCUT2D eigenvalue weighted by molar-refractivity contribution is -0.219. The highest BCUT2D eigenvalue weighted by Crippen LogP contribution is 2.46.